The average molecular weight is 286 g/mol. The van der Waals surface area contributed by atoms with Crippen molar-refractivity contribution in [2.24, 2.45) is 0 Å². The summed E-state index contributed by atoms with van der Waals surface area (Å²) in [5.74, 6) is 6.27. The summed E-state index contributed by atoms with van der Waals surface area (Å²) in [7, 11) is 0. The Morgan fingerprint density at radius 3 is 2.62 bits per heavy atom. The predicted molar refractivity (Wildman–Crippen MR) is 83.0 cm³/mol. The molecule has 1 aromatic carbocycles. The summed E-state index contributed by atoms with van der Waals surface area (Å²) in [6, 6.07) is 9.91. The summed E-state index contributed by atoms with van der Waals surface area (Å²) in [5.41, 5.74) is 0.989. The fourth-order valence-corrected chi connectivity index (χ4v) is 2.13. The van der Waals surface area contributed by atoms with Crippen molar-refractivity contribution in [3.8, 4) is 11.8 Å². The van der Waals surface area contributed by atoms with Gasteiger partial charge in [0.1, 0.15) is 18.3 Å². The molecule has 0 saturated carbocycles. The smallest absolute Gasteiger partial charge is 0.137 e. The van der Waals surface area contributed by atoms with E-state index >= 15 is 0 Å². The molecule has 3 atom stereocenters. The lowest BCUT2D eigenvalue weighted by atomic mass is 10.1. The largest absolute Gasteiger partial charge is 0.379 e. The fourth-order valence-electron chi connectivity index (χ4n) is 2.13. The standard InChI is InChI=1S/C18H22O3/c1-3-19-14-18-17(20-4-2)13-12-16(21-18)11-10-15-8-6-5-7-9-15/h5-9,12-13,16-18H,3-4,14H2,1-2H3/t16-,17+,18-/m1/s1. The van der Waals surface area contributed by atoms with Gasteiger partial charge < -0.3 is 14.2 Å². The maximum absolute atomic E-state index is 5.96. The van der Waals surface area contributed by atoms with E-state index in [1.54, 1.807) is 0 Å². The van der Waals surface area contributed by atoms with Crippen molar-refractivity contribution in [2.45, 2.75) is 32.2 Å². The Balaban J connectivity index is 2.02. The quantitative estimate of drug-likeness (QED) is 0.615. The fraction of sp³-hybridized carbons (Fsp3) is 0.444. The van der Waals surface area contributed by atoms with Crippen LogP contribution in [-0.4, -0.2) is 38.1 Å². The molecule has 0 saturated heterocycles. The maximum Gasteiger partial charge on any atom is 0.137 e. The Hall–Kier alpha value is -1.60. The summed E-state index contributed by atoms with van der Waals surface area (Å²) < 4.78 is 17.1. The maximum atomic E-state index is 5.96. The molecule has 3 nitrogen and oxygen atoms in total. The normalized spacial score (nSPS) is 24.4. The van der Waals surface area contributed by atoms with Crippen LogP contribution in [0, 0.1) is 11.8 Å². The zero-order valence-electron chi connectivity index (χ0n) is 12.6. The summed E-state index contributed by atoms with van der Waals surface area (Å²) >= 11 is 0. The SMILES string of the molecule is CCOC[C@H]1O[C@H](C#Cc2ccccc2)C=C[C@@H]1OCC. The summed E-state index contributed by atoms with van der Waals surface area (Å²) in [4.78, 5) is 0. The molecule has 112 valence electrons. The lowest BCUT2D eigenvalue weighted by Crippen LogP contribution is -2.40. The number of ether oxygens (including phenoxy) is 3. The summed E-state index contributed by atoms with van der Waals surface area (Å²) in [5, 5.41) is 0. The first-order valence-electron chi connectivity index (χ1n) is 7.43. The van der Waals surface area contributed by atoms with Crippen LogP contribution in [0.4, 0.5) is 0 Å². The van der Waals surface area contributed by atoms with E-state index in [9.17, 15) is 0 Å². The molecular weight excluding hydrogens is 264 g/mol. The van der Waals surface area contributed by atoms with Crippen LogP contribution in [0.25, 0.3) is 0 Å². The molecule has 0 fully saturated rings. The molecule has 21 heavy (non-hydrogen) atoms. The third kappa shape index (κ3) is 5.02. The first-order valence-corrected chi connectivity index (χ1v) is 7.43. The van der Waals surface area contributed by atoms with Crippen molar-refractivity contribution >= 4 is 0 Å². The zero-order chi connectivity index (χ0) is 14.9. The van der Waals surface area contributed by atoms with Crippen LogP contribution >= 0.6 is 0 Å². The molecule has 1 heterocycles. The van der Waals surface area contributed by atoms with Crippen LogP contribution < -0.4 is 0 Å². The van der Waals surface area contributed by atoms with E-state index in [-0.39, 0.29) is 18.3 Å². The van der Waals surface area contributed by atoms with Gasteiger partial charge in [0, 0.05) is 18.8 Å². The number of hydrogen-bond acceptors (Lipinski definition) is 3. The Morgan fingerprint density at radius 1 is 1.10 bits per heavy atom. The average Bonchev–Trinajstić information content (AvgIpc) is 2.53. The highest BCUT2D eigenvalue weighted by Gasteiger charge is 2.27. The minimum Gasteiger partial charge on any atom is -0.379 e. The molecule has 2 rings (SSSR count). The van der Waals surface area contributed by atoms with Crippen LogP contribution in [0.1, 0.15) is 19.4 Å². The van der Waals surface area contributed by atoms with Gasteiger partial charge in [-0.1, -0.05) is 36.1 Å². The van der Waals surface area contributed by atoms with E-state index < -0.39 is 0 Å². The van der Waals surface area contributed by atoms with Gasteiger partial charge in [-0.25, -0.2) is 0 Å². The monoisotopic (exact) mass is 286 g/mol. The highest BCUT2D eigenvalue weighted by molar-refractivity contribution is 5.35. The molecule has 3 heteroatoms. The molecule has 0 amide bonds. The molecule has 0 unspecified atom stereocenters. The van der Waals surface area contributed by atoms with Gasteiger partial charge in [0.2, 0.25) is 0 Å². The minimum absolute atomic E-state index is 0.0590. The van der Waals surface area contributed by atoms with E-state index in [1.807, 2.05) is 56.3 Å². The molecule has 1 aliphatic rings. The van der Waals surface area contributed by atoms with Crippen molar-refractivity contribution in [3.63, 3.8) is 0 Å². The van der Waals surface area contributed by atoms with Crippen molar-refractivity contribution in [3.05, 3.63) is 48.0 Å². The summed E-state index contributed by atoms with van der Waals surface area (Å²) in [6.07, 6.45) is 3.60. The Kier molecular flexibility index (Phi) is 6.49. The Labute approximate surface area is 126 Å². The predicted octanol–water partition coefficient (Wildman–Crippen LogP) is 2.80. The Bertz CT molecular complexity index is 498. The third-order valence-corrected chi connectivity index (χ3v) is 3.14. The van der Waals surface area contributed by atoms with Gasteiger partial charge in [-0.3, -0.25) is 0 Å². The van der Waals surface area contributed by atoms with Crippen molar-refractivity contribution in [1.29, 1.82) is 0 Å². The van der Waals surface area contributed by atoms with Gasteiger partial charge in [-0.05, 0) is 32.1 Å². The first-order chi connectivity index (χ1) is 10.3. The van der Waals surface area contributed by atoms with Crippen LogP contribution in [0.2, 0.25) is 0 Å². The van der Waals surface area contributed by atoms with E-state index in [0.29, 0.717) is 19.8 Å². The van der Waals surface area contributed by atoms with E-state index in [0.717, 1.165) is 5.56 Å². The van der Waals surface area contributed by atoms with E-state index in [1.165, 1.54) is 0 Å². The molecule has 1 aromatic rings. The first kappa shape index (κ1) is 15.8. The second kappa shape index (κ2) is 8.63. The van der Waals surface area contributed by atoms with Crippen LogP contribution in [0.3, 0.4) is 0 Å². The lowest BCUT2D eigenvalue weighted by Gasteiger charge is -2.30. The summed E-state index contributed by atoms with van der Waals surface area (Å²) in [6.45, 7) is 5.80. The van der Waals surface area contributed by atoms with Gasteiger partial charge >= 0.3 is 0 Å². The second-order valence-corrected chi connectivity index (χ2v) is 4.69. The topological polar surface area (TPSA) is 27.7 Å². The highest BCUT2D eigenvalue weighted by Crippen LogP contribution is 2.16. The number of rotatable bonds is 5. The Morgan fingerprint density at radius 2 is 1.90 bits per heavy atom. The van der Waals surface area contributed by atoms with Crippen LogP contribution in [-0.2, 0) is 14.2 Å². The molecule has 0 bridgehead atoms. The minimum atomic E-state index is -0.215. The second-order valence-electron chi connectivity index (χ2n) is 4.69. The van der Waals surface area contributed by atoms with Gasteiger partial charge in [0.25, 0.3) is 0 Å². The van der Waals surface area contributed by atoms with Crippen molar-refractivity contribution < 1.29 is 14.2 Å². The highest BCUT2D eigenvalue weighted by atomic mass is 16.6. The molecule has 0 radical (unpaired) electrons. The zero-order valence-corrected chi connectivity index (χ0v) is 12.6. The van der Waals surface area contributed by atoms with Gasteiger partial charge in [0.15, 0.2) is 0 Å². The van der Waals surface area contributed by atoms with Gasteiger partial charge in [-0.2, -0.15) is 0 Å². The molecule has 0 aliphatic carbocycles. The van der Waals surface area contributed by atoms with Crippen molar-refractivity contribution in [1.82, 2.24) is 0 Å². The molecule has 0 spiro atoms. The van der Waals surface area contributed by atoms with Gasteiger partial charge in [0.05, 0.1) is 6.61 Å². The van der Waals surface area contributed by atoms with Crippen molar-refractivity contribution in [2.75, 3.05) is 19.8 Å². The van der Waals surface area contributed by atoms with E-state index in [2.05, 4.69) is 11.8 Å². The van der Waals surface area contributed by atoms with Gasteiger partial charge in [-0.15, -0.1) is 0 Å². The number of hydrogen-bond donors (Lipinski definition) is 0. The lowest BCUT2D eigenvalue weighted by molar-refractivity contribution is -0.0976. The molecular formula is C18H22O3. The van der Waals surface area contributed by atoms with E-state index in [4.69, 9.17) is 14.2 Å². The number of benzene rings is 1. The molecule has 1 aliphatic heterocycles. The van der Waals surface area contributed by atoms with Crippen LogP contribution in [0.5, 0.6) is 0 Å². The molecule has 0 N–H and O–H groups in total. The van der Waals surface area contributed by atoms with Crippen LogP contribution in [0.15, 0.2) is 42.5 Å². The third-order valence-electron chi connectivity index (χ3n) is 3.14. The molecule has 0 aromatic heterocycles.